The molecule has 3 aromatic carbocycles. The lowest BCUT2D eigenvalue weighted by Gasteiger charge is -2.27. The number of fused-ring (bicyclic) bond motifs is 4. The quantitative estimate of drug-likeness (QED) is 0.359. The monoisotopic (exact) mass is 470 g/mol. The minimum absolute atomic E-state index is 0.147. The molecule has 0 aliphatic carbocycles. The van der Waals surface area contributed by atoms with Gasteiger partial charge in [-0.3, -0.25) is 0 Å². The van der Waals surface area contributed by atoms with E-state index in [9.17, 15) is 5.11 Å². The van der Waals surface area contributed by atoms with Crippen LogP contribution in [0.4, 0.5) is 0 Å². The lowest BCUT2D eigenvalue weighted by atomic mass is 9.84. The Hall–Kier alpha value is -3.71. The van der Waals surface area contributed by atoms with E-state index in [2.05, 4.69) is 38.1 Å². The number of ether oxygens (including phenoxy) is 1. The second-order valence-electron chi connectivity index (χ2n) is 7.31. The molecule has 1 aliphatic rings. The first kappa shape index (κ1) is 18.1. The SMILES string of the molecule is Oc1ccc2c(c1)Oc1ncn3nc(-c4ccccc4Br)nc3c1[C@@H]2c1ccccc1. The zero-order valence-electron chi connectivity index (χ0n) is 16.1. The first-order valence-corrected chi connectivity index (χ1v) is 10.5. The highest BCUT2D eigenvalue weighted by Crippen LogP contribution is 2.48. The minimum atomic E-state index is -0.159. The number of aromatic hydroxyl groups is 1. The van der Waals surface area contributed by atoms with Gasteiger partial charge >= 0.3 is 0 Å². The predicted octanol–water partition coefficient (Wildman–Crippen LogP) is 5.55. The Balaban J connectivity index is 1.63. The van der Waals surface area contributed by atoms with Gasteiger partial charge < -0.3 is 9.84 Å². The predicted molar refractivity (Wildman–Crippen MR) is 119 cm³/mol. The molecule has 6 nitrogen and oxygen atoms in total. The zero-order valence-corrected chi connectivity index (χ0v) is 17.7. The van der Waals surface area contributed by atoms with Gasteiger partial charge in [-0.1, -0.05) is 64.5 Å². The van der Waals surface area contributed by atoms with Gasteiger partial charge in [0, 0.05) is 27.6 Å². The molecule has 1 atom stereocenters. The number of phenolic OH excluding ortho intramolecular Hbond substituents is 1. The number of rotatable bonds is 2. The van der Waals surface area contributed by atoms with Crippen LogP contribution >= 0.6 is 15.9 Å². The lowest BCUT2D eigenvalue weighted by molar-refractivity contribution is 0.422. The van der Waals surface area contributed by atoms with E-state index < -0.39 is 0 Å². The molecule has 0 fully saturated rings. The molecule has 0 saturated heterocycles. The maximum absolute atomic E-state index is 9.99. The van der Waals surface area contributed by atoms with Crippen LogP contribution in [0.1, 0.15) is 22.6 Å². The first-order chi connectivity index (χ1) is 15.2. The van der Waals surface area contributed by atoms with Gasteiger partial charge in [0.2, 0.25) is 5.88 Å². The highest BCUT2D eigenvalue weighted by Gasteiger charge is 2.33. The molecule has 3 heterocycles. The summed E-state index contributed by atoms with van der Waals surface area (Å²) in [5.41, 5.74) is 4.45. The van der Waals surface area contributed by atoms with Crippen molar-refractivity contribution in [3.05, 3.63) is 100 Å². The van der Waals surface area contributed by atoms with E-state index in [1.807, 2.05) is 48.5 Å². The first-order valence-electron chi connectivity index (χ1n) is 9.75. The van der Waals surface area contributed by atoms with Gasteiger partial charge in [-0.15, -0.1) is 5.10 Å². The van der Waals surface area contributed by atoms with Crippen LogP contribution in [-0.4, -0.2) is 24.7 Å². The molecule has 1 N–H and O–H groups in total. The van der Waals surface area contributed by atoms with Gasteiger partial charge in [0.05, 0.1) is 5.56 Å². The average molecular weight is 471 g/mol. The molecule has 0 bridgehead atoms. The Morgan fingerprint density at radius 2 is 1.77 bits per heavy atom. The number of hydrogen-bond acceptors (Lipinski definition) is 5. The Morgan fingerprint density at radius 1 is 0.968 bits per heavy atom. The van der Waals surface area contributed by atoms with E-state index in [0.29, 0.717) is 23.1 Å². The maximum atomic E-state index is 9.99. The van der Waals surface area contributed by atoms with Gasteiger partial charge in [0.1, 0.15) is 17.8 Å². The maximum Gasteiger partial charge on any atom is 0.228 e. The van der Waals surface area contributed by atoms with Crippen molar-refractivity contribution < 1.29 is 9.84 Å². The fourth-order valence-corrected chi connectivity index (χ4v) is 4.51. The number of phenols is 1. The van der Waals surface area contributed by atoms with Crippen LogP contribution in [0.5, 0.6) is 17.4 Å². The third-order valence-corrected chi connectivity index (χ3v) is 6.13. The Morgan fingerprint density at radius 3 is 2.61 bits per heavy atom. The van der Waals surface area contributed by atoms with Crippen molar-refractivity contribution in [1.29, 1.82) is 0 Å². The minimum Gasteiger partial charge on any atom is -0.508 e. The van der Waals surface area contributed by atoms with Gasteiger partial charge in [0.15, 0.2) is 11.5 Å². The fourth-order valence-electron chi connectivity index (χ4n) is 4.05. The van der Waals surface area contributed by atoms with E-state index in [1.54, 1.807) is 23.0 Å². The van der Waals surface area contributed by atoms with Gasteiger partial charge in [-0.25, -0.2) is 14.5 Å². The summed E-state index contributed by atoms with van der Waals surface area (Å²) in [5.74, 6) is 1.64. The van der Waals surface area contributed by atoms with E-state index >= 15 is 0 Å². The Labute approximate surface area is 185 Å². The number of aromatic nitrogens is 4. The van der Waals surface area contributed by atoms with Crippen LogP contribution in [0.3, 0.4) is 0 Å². The van der Waals surface area contributed by atoms with Crippen molar-refractivity contribution in [1.82, 2.24) is 19.6 Å². The summed E-state index contributed by atoms with van der Waals surface area (Å²) in [7, 11) is 0. The van der Waals surface area contributed by atoms with E-state index in [0.717, 1.165) is 26.7 Å². The molecule has 0 amide bonds. The summed E-state index contributed by atoms with van der Waals surface area (Å²) < 4.78 is 8.71. The summed E-state index contributed by atoms with van der Waals surface area (Å²) in [6.07, 6.45) is 1.61. The molecular weight excluding hydrogens is 456 g/mol. The molecule has 7 heteroatoms. The number of hydrogen-bond donors (Lipinski definition) is 1. The Bertz CT molecular complexity index is 1450. The van der Waals surface area contributed by atoms with Crippen molar-refractivity contribution in [2.24, 2.45) is 0 Å². The second kappa shape index (κ2) is 6.92. The molecule has 0 radical (unpaired) electrons. The second-order valence-corrected chi connectivity index (χ2v) is 8.17. The van der Waals surface area contributed by atoms with Crippen molar-refractivity contribution in [3.8, 4) is 28.8 Å². The molecule has 31 heavy (non-hydrogen) atoms. The van der Waals surface area contributed by atoms with Gasteiger partial charge in [-0.2, -0.15) is 0 Å². The van der Waals surface area contributed by atoms with Crippen LogP contribution in [0.25, 0.3) is 17.0 Å². The number of benzene rings is 3. The summed E-state index contributed by atoms with van der Waals surface area (Å²) in [6.45, 7) is 0. The third-order valence-electron chi connectivity index (χ3n) is 5.44. The third kappa shape index (κ3) is 2.89. The van der Waals surface area contributed by atoms with Crippen molar-refractivity contribution >= 4 is 21.6 Å². The van der Waals surface area contributed by atoms with Crippen molar-refractivity contribution in [3.63, 3.8) is 0 Å². The van der Waals surface area contributed by atoms with Crippen molar-refractivity contribution in [2.45, 2.75) is 5.92 Å². The number of nitrogens with zero attached hydrogens (tertiary/aromatic N) is 4. The van der Waals surface area contributed by atoms with Crippen LogP contribution < -0.4 is 4.74 Å². The normalized spacial score (nSPS) is 14.7. The van der Waals surface area contributed by atoms with Crippen molar-refractivity contribution in [2.75, 3.05) is 0 Å². The summed E-state index contributed by atoms with van der Waals surface area (Å²) in [4.78, 5) is 9.40. The Kier molecular flexibility index (Phi) is 4.04. The molecule has 0 unspecified atom stereocenters. The highest BCUT2D eigenvalue weighted by atomic mass is 79.9. The van der Waals surface area contributed by atoms with Crippen LogP contribution in [-0.2, 0) is 0 Å². The van der Waals surface area contributed by atoms with Crippen LogP contribution in [0.2, 0.25) is 0 Å². The van der Waals surface area contributed by atoms with Gasteiger partial charge in [-0.05, 0) is 23.8 Å². The molecule has 0 saturated carbocycles. The lowest BCUT2D eigenvalue weighted by Crippen LogP contribution is -2.14. The standard InChI is InChI=1S/C24H15BrN4O2/c25-18-9-5-4-8-16(18)22-27-23-21-20(14-6-2-1-3-7-14)17-11-10-15(30)12-19(17)31-24(21)26-13-29(23)28-22/h1-13,20,30H/t20-/m1/s1. The molecule has 6 rings (SSSR count). The zero-order chi connectivity index (χ0) is 20.9. The van der Waals surface area contributed by atoms with E-state index in [4.69, 9.17) is 9.72 Å². The summed E-state index contributed by atoms with van der Waals surface area (Å²) >= 11 is 3.59. The summed E-state index contributed by atoms with van der Waals surface area (Å²) in [5, 5.41) is 14.7. The molecule has 1 aliphatic heterocycles. The molecule has 0 spiro atoms. The topological polar surface area (TPSA) is 72.5 Å². The largest absolute Gasteiger partial charge is 0.508 e. The highest BCUT2D eigenvalue weighted by molar-refractivity contribution is 9.10. The van der Waals surface area contributed by atoms with E-state index in [1.165, 1.54) is 0 Å². The van der Waals surface area contributed by atoms with Gasteiger partial charge in [0.25, 0.3) is 0 Å². The van der Waals surface area contributed by atoms with Crippen LogP contribution in [0, 0.1) is 0 Å². The fraction of sp³-hybridized carbons (Fsp3) is 0.0417. The smallest absolute Gasteiger partial charge is 0.228 e. The number of halogens is 1. The average Bonchev–Trinajstić information content (AvgIpc) is 3.22. The van der Waals surface area contributed by atoms with Crippen LogP contribution in [0.15, 0.2) is 83.6 Å². The molecule has 150 valence electrons. The van der Waals surface area contributed by atoms with E-state index in [-0.39, 0.29) is 11.7 Å². The molecular formula is C24H15BrN4O2. The molecule has 5 aromatic rings. The molecule has 2 aromatic heterocycles. The summed E-state index contributed by atoms with van der Waals surface area (Å²) in [6, 6.07) is 23.2.